The van der Waals surface area contributed by atoms with Crippen molar-refractivity contribution in [3.05, 3.63) is 29.8 Å². The van der Waals surface area contributed by atoms with E-state index in [9.17, 15) is 4.79 Å². The number of piperidine rings is 1. The van der Waals surface area contributed by atoms with Crippen molar-refractivity contribution < 1.29 is 9.53 Å². The summed E-state index contributed by atoms with van der Waals surface area (Å²) in [6.45, 7) is 7.74. The molecule has 0 radical (unpaired) electrons. The SMILES string of the molecule is CCC(=O)N1CCC(NC(=NC)NCC2CCN(Cc3ccc(OC)cc3)CC2)C1. The van der Waals surface area contributed by atoms with Crippen molar-refractivity contribution in [3.8, 4) is 5.75 Å². The molecule has 2 N–H and O–H groups in total. The van der Waals surface area contributed by atoms with E-state index in [0.717, 1.165) is 57.4 Å². The van der Waals surface area contributed by atoms with Crippen molar-refractivity contribution in [2.24, 2.45) is 10.9 Å². The zero-order chi connectivity index (χ0) is 21.3. The lowest BCUT2D eigenvalue weighted by molar-refractivity contribution is -0.129. The van der Waals surface area contributed by atoms with Gasteiger partial charge in [0.1, 0.15) is 5.75 Å². The normalized spacial score (nSPS) is 21.0. The molecule has 2 fully saturated rings. The number of amides is 1. The Morgan fingerprint density at radius 1 is 1.17 bits per heavy atom. The Kier molecular flexibility index (Phi) is 8.37. The Morgan fingerprint density at radius 3 is 2.53 bits per heavy atom. The first-order chi connectivity index (χ1) is 14.6. The van der Waals surface area contributed by atoms with Crippen LogP contribution in [0, 0.1) is 5.92 Å². The lowest BCUT2D eigenvalue weighted by Crippen LogP contribution is -2.47. The second kappa shape index (κ2) is 11.2. The molecule has 30 heavy (non-hydrogen) atoms. The molecule has 0 aromatic heterocycles. The Balaban J connectivity index is 1.35. The van der Waals surface area contributed by atoms with Crippen LogP contribution in [0.5, 0.6) is 5.75 Å². The summed E-state index contributed by atoms with van der Waals surface area (Å²) in [7, 11) is 3.52. The Bertz CT molecular complexity index is 698. The third-order valence-electron chi connectivity index (χ3n) is 6.24. The summed E-state index contributed by atoms with van der Waals surface area (Å²) in [5, 5.41) is 6.99. The molecule has 3 rings (SSSR count). The number of nitrogens with zero attached hydrogens (tertiary/aromatic N) is 3. The first-order valence-corrected chi connectivity index (χ1v) is 11.2. The standard InChI is InChI=1S/C23H37N5O2/c1-4-22(29)28-14-11-20(17-28)26-23(24-2)25-15-18-9-12-27(13-10-18)16-19-5-7-21(30-3)8-6-19/h5-8,18,20H,4,9-17H2,1-3H3,(H2,24,25,26). The number of guanidine groups is 1. The lowest BCUT2D eigenvalue weighted by atomic mass is 9.96. The maximum absolute atomic E-state index is 11.9. The molecule has 2 aliphatic heterocycles. The van der Waals surface area contributed by atoms with E-state index in [-0.39, 0.29) is 11.9 Å². The van der Waals surface area contributed by atoms with Crippen molar-refractivity contribution in [3.63, 3.8) is 0 Å². The van der Waals surface area contributed by atoms with Gasteiger partial charge in [0, 0.05) is 45.7 Å². The van der Waals surface area contributed by atoms with Crippen LogP contribution in [-0.2, 0) is 11.3 Å². The number of rotatable bonds is 7. The van der Waals surface area contributed by atoms with Crippen molar-refractivity contribution in [1.82, 2.24) is 20.4 Å². The molecule has 2 saturated heterocycles. The number of hydrogen-bond acceptors (Lipinski definition) is 4. The van der Waals surface area contributed by atoms with Crippen molar-refractivity contribution >= 4 is 11.9 Å². The van der Waals surface area contributed by atoms with E-state index in [2.05, 4.69) is 32.7 Å². The fourth-order valence-electron chi connectivity index (χ4n) is 4.30. The minimum absolute atomic E-state index is 0.239. The van der Waals surface area contributed by atoms with Gasteiger partial charge in [0.25, 0.3) is 0 Å². The van der Waals surface area contributed by atoms with Gasteiger partial charge in [0.15, 0.2) is 5.96 Å². The van der Waals surface area contributed by atoms with Gasteiger partial charge in [-0.2, -0.15) is 0 Å². The quantitative estimate of drug-likeness (QED) is 0.527. The van der Waals surface area contributed by atoms with Crippen LogP contribution < -0.4 is 15.4 Å². The third-order valence-corrected chi connectivity index (χ3v) is 6.24. The second-order valence-corrected chi connectivity index (χ2v) is 8.34. The molecular formula is C23H37N5O2. The molecule has 0 bridgehead atoms. The highest BCUT2D eigenvalue weighted by Gasteiger charge is 2.26. The fraction of sp³-hybridized carbons (Fsp3) is 0.652. The number of benzene rings is 1. The van der Waals surface area contributed by atoms with Gasteiger partial charge in [-0.1, -0.05) is 19.1 Å². The van der Waals surface area contributed by atoms with Gasteiger partial charge in [-0.05, 0) is 56.0 Å². The van der Waals surface area contributed by atoms with E-state index in [1.807, 2.05) is 31.0 Å². The van der Waals surface area contributed by atoms with E-state index in [0.29, 0.717) is 12.3 Å². The second-order valence-electron chi connectivity index (χ2n) is 8.34. The number of nitrogens with one attached hydrogen (secondary N) is 2. The number of ether oxygens (including phenoxy) is 1. The largest absolute Gasteiger partial charge is 0.497 e. The predicted molar refractivity (Wildman–Crippen MR) is 121 cm³/mol. The van der Waals surface area contributed by atoms with Crippen LogP contribution in [0.15, 0.2) is 29.3 Å². The van der Waals surface area contributed by atoms with E-state index < -0.39 is 0 Å². The highest BCUT2D eigenvalue weighted by Crippen LogP contribution is 2.20. The summed E-state index contributed by atoms with van der Waals surface area (Å²) in [4.78, 5) is 20.7. The molecule has 1 unspecified atom stereocenters. The Hall–Kier alpha value is -2.28. The number of carbonyl (C=O) groups is 1. The van der Waals surface area contributed by atoms with Crippen molar-refractivity contribution in [1.29, 1.82) is 0 Å². The molecule has 0 spiro atoms. The minimum Gasteiger partial charge on any atom is -0.497 e. The summed E-state index contributed by atoms with van der Waals surface area (Å²) in [6, 6.07) is 8.66. The molecule has 1 amide bonds. The first-order valence-electron chi connectivity index (χ1n) is 11.2. The Labute approximate surface area is 180 Å². The fourth-order valence-corrected chi connectivity index (χ4v) is 4.30. The number of hydrogen-bond donors (Lipinski definition) is 2. The van der Waals surface area contributed by atoms with Crippen LogP contribution in [0.25, 0.3) is 0 Å². The molecule has 1 atom stereocenters. The van der Waals surface area contributed by atoms with Crippen molar-refractivity contribution in [2.75, 3.05) is 46.9 Å². The predicted octanol–water partition coefficient (Wildman–Crippen LogP) is 2.08. The zero-order valence-corrected chi connectivity index (χ0v) is 18.7. The van der Waals surface area contributed by atoms with Crippen molar-refractivity contribution in [2.45, 2.75) is 45.2 Å². The molecule has 7 heteroatoms. The molecule has 2 heterocycles. The number of aliphatic imine (C=N–C) groups is 1. The van der Waals surface area contributed by atoms with Gasteiger partial charge in [-0.25, -0.2) is 0 Å². The molecule has 0 saturated carbocycles. The van der Waals surface area contributed by atoms with E-state index in [4.69, 9.17) is 4.74 Å². The highest BCUT2D eigenvalue weighted by atomic mass is 16.5. The van der Waals surface area contributed by atoms with Crippen LogP contribution in [0.4, 0.5) is 0 Å². The van der Waals surface area contributed by atoms with Crippen LogP contribution in [0.2, 0.25) is 0 Å². The van der Waals surface area contributed by atoms with Crippen LogP contribution in [-0.4, -0.2) is 74.6 Å². The minimum atomic E-state index is 0.239. The van der Waals surface area contributed by atoms with Crippen LogP contribution >= 0.6 is 0 Å². The molecule has 1 aromatic rings. The van der Waals surface area contributed by atoms with E-state index >= 15 is 0 Å². The van der Waals surface area contributed by atoms with E-state index in [1.165, 1.54) is 18.4 Å². The summed E-state index contributed by atoms with van der Waals surface area (Å²) in [5.41, 5.74) is 1.34. The summed E-state index contributed by atoms with van der Waals surface area (Å²) < 4.78 is 5.24. The third kappa shape index (κ3) is 6.36. The van der Waals surface area contributed by atoms with Gasteiger partial charge < -0.3 is 20.3 Å². The van der Waals surface area contributed by atoms with Gasteiger partial charge in [-0.15, -0.1) is 0 Å². The summed E-state index contributed by atoms with van der Waals surface area (Å²) in [5.74, 6) is 2.67. The number of carbonyl (C=O) groups excluding carboxylic acids is 1. The molecule has 166 valence electrons. The first kappa shape index (κ1) is 22.4. The molecular weight excluding hydrogens is 378 g/mol. The summed E-state index contributed by atoms with van der Waals surface area (Å²) in [6.07, 6.45) is 3.96. The zero-order valence-electron chi connectivity index (χ0n) is 18.7. The van der Waals surface area contributed by atoms with Gasteiger partial charge in [0.2, 0.25) is 5.91 Å². The summed E-state index contributed by atoms with van der Waals surface area (Å²) >= 11 is 0. The average Bonchev–Trinajstić information content (AvgIpc) is 3.26. The molecule has 1 aromatic carbocycles. The van der Waals surface area contributed by atoms with Gasteiger partial charge in [0.05, 0.1) is 7.11 Å². The van der Waals surface area contributed by atoms with Crippen LogP contribution in [0.1, 0.15) is 38.2 Å². The smallest absolute Gasteiger partial charge is 0.222 e. The average molecular weight is 416 g/mol. The monoisotopic (exact) mass is 415 g/mol. The maximum Gasteiger partial charge on any atom is 0.222 e. The molecule has 0 aliphatic carbocycles. The number of methoxy groups -OCH3 is 1. The number of likely N-dealkylation sites (tertiary alicyclic amines) is 2. The van der Waals surface area contributed by atoms with Crippen LogP contribution in [0.3, 0.4) is 0 Å². The van der Waals surface area contributed by atoms with Gasteiger partial charge >= 0.3 is 0 Å². The molecule has 7 nitrogen and oxygen atoms in total. The maximum atomic E-state index is 11.9. The topological polar surface area (TPSA) is 69.2 Å². The van der Waals surface area contributed by atoms with Gasteiger partial charge in [-0.3, -0.25) is 14.7 Å². The molecule has 2 aliphatic rings. The van der Waals surface area contributed by atoms with E-state index in [1.54, 1.807) is 7.11 Å². The Morgan fingerprint density at radius 2 is 1.90 bits per heavy atom. The lowest BCUT2D eigenvalue weighted by Gasteiger charge is -2.32. The highest BCUT2D eigenvalue weighted by molar-refractivity contribution is 5.80.